The highest BCUT2D eigenvalue weighted by Crippen LogP contribution is 2.19. The molecule has 140 valence electrons. The number of nitrogens with zero attached hydrogens (tertiary/aromatic N) is 2. The third-order valence-corrected chi connectivity index (χ3v) is 4.77. The van der Waals surface area contributed by atoms with Crippen LogP contribution in [0.2, 0.25) is 0 Å². The maximum absolute atomic E-state index is 12.6. The van der Waals surface area contributed by atoms with Gasteiger partial charge in [-0.1, -0.05) is 60.7 Å². The van der Waals surface area contributed by atoms with Gasteiger partial charge in [0, 0.05) is 38.3 Å². The molecule has 4 nitrogen and oxygen atoms in total. The van der Waals surface area contributed by atoms with Crippen molar-refractivity contribution < 1.29 is 4.74 Å². The van der Waals surface area contributed by atoms with Crippen LogP contribution in [0.5, 0.6) is 5.75 Å². The first kappa shape index (κ1) is 18.9. The summed E-state index contributed by atoms with van der Waals surface area (Å²) >= 11 is 0. The minimum absolute atomic E-state index is 0.0651. The lowest BCUT2D eigenvalue weighted by molar-refractivity contribution is 0.298. The van der Waals surface area contributed by atoms with Gasteiger partial charge in [-0.3, -0.25) is 9.69 Å². The molecule has 1 heterocycles. The van der Waals surface area contributed by atoms with Gasteiger partial charge < -0.3 is 9.30 Å². The maximum atomic E-state index is 12.6. The Kier molecular flexibility index (Phi) is 6.09. The number of rotatable bonds is 7. The molecule has 0 unspecified atom stereocenters. The van der Waals surface area contributed by atoms with E-state index in [1.54, 1.807) is 13.2 Å². The first-order chi connectivity index (χ1) is 13.1. The second-order valence-corrected chi connectivity index (χ2v) is 6.86. The van der Waals surface area contributed by atoms with Crippen molar-refractivity contribution in [2.45, 2.75) is 19.5 Å². The Morgan fingerprint density at radius 1 is 0.926 bits per heavy atom. The fraction of sp³-hybridized carbons (Fsp3) is 0.261. The lowest BCUT2D eigenvalue weighted by Gasteiger charge is -2.22. The Balaban J connectivity index is 1.89. The number of hydrogen-bond donors (Lipinski definition) is 0. The third-order valence-electron chi connectivity index (χ3n) is 4.77. The van der Waals surface area contributed by atoms with Crippen molar-refractivity contribution in [3.8, 4) is 5.75 Å². The van der Waals surface area contributed by atoms with Gasteiger partial charge in [-0.2, -0.15) is 0 Å². The molecule has 0 bridgehead atoms. The Labute approximate surface area is 160 Å². The van der Waals surface area contributed by atoms with Gasteiger partial charge in [0.2, 0.25) is 5.43 Å². The molecule has 0 saturated heterocycles. The van der Waals surface area contributed by atoms with Gasteiger partial charge in [-0.25, -0.2) is 0 Å². The third kappa shape index (κ3) is 4.66. The van der Waals surface area contributed by atoms with Gasteiger partial charge in [0.25, 0.3) is 0 Å². The molecule has 0 radical (unpaired) electrons. The molecule has 0 aliphatic rings. The van der Waals surface area contributed by atoms with Gasteiger partial charge in [-0.15, -0.1) is 0 Å². The van der Waals surface area contributed by atoms with Gasteiger partial charge in [0.1, 0.15) is 0 Å². The Morgan fingerprint density at radius 2 is 1.52 bits per heavy atom. The summed E-state index contributed by atoms with van der Waals surface area (Å²) in [7, 11) is 5.63. The van der Waals surface area contributed by atoms with E-state index in [0.29, 0.717) is 18.7 Å². The fourth-order valence-corrected chi connectivity index (χ4v) is 3.36. The van der Waals surface area contributed by atoms with Crippen LogP contribution in [0.3, 0.4) is 0 Å². The molecule has 0 spiro atoms. The van der Waals surface area contributed by atoms with Gasteiger partial charge in [0.05, 0.1) is 12.8 Å². The Morgan fingerprint density at radius 3 is 2.11 bits per heavy atom. The number of aromatic nitrogens is 1. The first-order valence-corrected chi connectivity index (χ1v) is 9.10. The van der Waals surface area contributed by atoms with Crippen molar-refractivity contribution >= 4 is 0 Å². The number of pyridine rings is 1. The number of hydrogen-bond acceptors (Lipinski definition) is 3. The molecule has 0 amide bonds. The molecule has 2 aromatic carbocycles. The van der Waals surface area contributed by atoms with E-state index < -0.39 is 0 Å². The van der Waals surface area contributed by atoms with Crippen LogP contribution in [0.25, 0.3) is 0 Å². The van der Waals surface area contributed by atoms with Crippen molar-refractivity contribution in [1.82, 2.24) is 9.47 Å². The minimum Gasteiger partial charge on any atom is -0.491 e. The Bertz CT molecular complexity index is 934. The largest absolute Gasteiger partial charge is 0.491 e. The summed E-state index contributed by atoms with van der Waals surface area (Å²) in [6, 6.07) is 22.2. The highest BCUT2D eigenvalue weighted by Gasteiger charge is 2.16. The van der Waals surface area contributed by atoms with Crippen molar-refractivity contribution in [2.24, 2.45) is 7.05 Å². The normalized spacial score (nSPS) is 11.0. The standard InChI is InChI=1S/C23H26N2O2/c1-24(16-19-12-8-5-9-13-19)17-21-23(27-3)22(26)15-20(25(21)2)14-18-10-6-4-7-11-18/h4-13,15H,14,16-17H2,1-3H3. The predicted molar refractivity (Wildman–Crippen MR) is 109 cm³/mol. The van der Waals surface area contributed by atoms with Crippen LogP contribution in [0.15, 0.2) is 71.5 Å². The van der Waals surface area contributed by atoms with E-state index in [2.05, 4.69) is 40.8 Å². The van der Waals surface area contributed by atoms with Crippen LogP contribution in [-0.2, 0) is 26.6 Å². The summed E-state index contributed by atoms with van der Waals surface area (Å²) in [5.41, 5.74) is 4.24. The highest BCUT2D eigenvalue weighted by molar-refractivity contribution is 5.33. The zero-order valence-electron chi connectivity index (χ0n) is 16.2. The summed E-state index contributed by atoms with van der Waals surface area (Å²) < 4.78 is 7.55. The van der Waals surface area contributed by atoms with Gasteiger partial charge >= 0.3 is 0 Å². The van der Waals surface area contributed by atoms with E-state index >= 15 is 0 Å². The van der Waals surface area contributed by atoms with Crippen LogP contribution in [0.4, 0.5) is 0 Å². The first-order valence-electron chi connectivity index (χ1n) is 9.10. The average molecular weight is 362 g/mol. The highest BCUT2D eigenvalue weighted by atomic mass is 16.5. The topological polar surface area (TPSA) is 34.5 Å². The molecule has 3 rings (SSSR count). The van der Waals surface area contributed by atoms with E-state index in [9.17, 15) is 4.79 Å². The minimum atomic E-state index is -0.0651. The SMILES string of the molecule is COc1c(CN(C)Cc2ccccc2)n(C)c(Cc2ccccc2)cc1=O. The van der Waals surface area contributed by atoms with Crippen molar-refractivity contribution in [2.75, 3.05) is 14.2 Å². The van der Waals surface area contributed by atoms with Crippen LogP contribution in [0.1, 0.15) is 22.5 Å². The maximum Gasteiger partial charge on any atom is 0.223 e. The summed E-state index contributed by atoms with van der Waals surface area (Å²) in [6.07, 6.45) is 0.714. The molecule has 0 saturated carbocycles. The molecule has 0 aliphatic heterocycles. The van der Waals surface area contributed by atoms with Crippen LogP contribution in [0, 0.1) is 0 Å². The summed E-state index contributed by atoms with van der Waals surface area (Å²) in [5, 5.41) is 0. The summed E-state index contributed by atoms with van der Waals surface area (Å²) in [6.45, 7) is 1.44. The number of ether oxygens (including phenoxy) is 1. The van der Waals surface area contributed by atoms with Gasteiger partial charge in [0.15, 0.2) is 5.75 Å². The molecule has 0 fully saturated rings. The second-order valence-electron chi connectivity index (χ2n) is 6.86. The molecule has 0 aliphatic carbocycles. The van der Waals surface area contributed by atoms with Crippen LogP contribution in [-0.4, -0.2) is 23.6 Å². The molecule has 4 heteroatoms. The van der Waals surface area contributed by atoms with E-state index in [1.165, 1.54) is 11.1 Å². The van der Waals surface area contributed by atoms with Crippen LogP contribution < -0.4 is 10.2 Å². The lowest BCUT2D eigenvalue weighted by Crippen LogP contribution is -2.25. The molecule has 27 heavy (non-hydrogen) atoms. The molecular weight excluding hydrogens is 336 g/mol. The second kappa shape index (κ2) is 8.69. The van der Waals surface area contributed by atoms with E-state index in [0.717, 1.165) is 17.9 Å². The molecular formula is C23H26N2O2. The van der Waals surface area contributed by atoms with Crippen LogP contribution >= 0.6 is 0 Å². The van der Waals surface area contributed by atoms with E-state index in [4.69, 9.17) is 4.74 Å². The van der Waals surface area contributed by atoms with E-state index in [-0.39, 0.29) is 5.43 Å². The summed E-state index contributed by atoms with van der Waals surface area (Å²) in [5.74, 6) is 0.425. The number of benzene rings is 2. The molecule has 1 aromatic heterocycles. The average Bonchev–Trinajstić information content (AvgIpc) is 2.67. The molecule has 0 N–H and O–H groups in total. The molecule has 0 atom stereocenters. The zero-order valence-corrected chi connectivity index (χ0v) is 16.2. The quantitative estimate of drug-likeness (QED) is 0.644. The van der Waals surface area contributed by atoms with Crippen molar-refractivity contribution in [3.05, 3.63) is 99.5 Å². The van der Waals surface area contributed by atoms with Crippen molar-refractivity contribution in [1.29, 1.82) is 0 Å². The Hall–Kier alpha value is -2.85. The van der Waals surface area contributed by atoms with Crippen molar-refractivity contribution in [3.63, 3.8) is 0 Å². The lowest BCUT2D eigenvalue weighted by atomic mass is 10.1. The monoisotopic (exact) mass is 362 g/mol. The fourth-order valence-electron chi connectivity index (χ4n) is 3.36. The number of methoxy groups -OCH3 is 1. The van der Waals surface area contributed by atoms with E-state index in [1.807, 2.05) is 43.4 Å². The summed E-state index contributed by atoms with van der Waals surface area (Å²) in [4.78, 5) is 14.8. The zero-order chi connectivity index (χ0) is 19.2. The predicted octanol–water partition coefficient (Wildman–Crippen LogP) is 3.62. The molecule has 3 aromatic rings. The van der Waals surface area contributed by atoms with Gasteiger partial charge in [-0.05, 0) is 18.2 Å². The smallest absolute Gasteiger partial charge is 0.223 e.